The SMILES string of the molecule is OC[C@H]1CC(COCc2ccccc2)(COCc2ccccc2)C[C@H]1NCc1ccccc1. The summed E-state index contributed by atoms with van der Waals surface area (Å²) in [5, 5.41) is 13.8. The maximum absolute atomic E-state index is 10.2. The minimum Gasteiger partial charge on any atom is -0.396 e. The van der Waals surface area contributed by atoms with Crippen molar-refractivity contribution in [2.75, 3.05) is 19.8 Å². The molecular formula is C29H35NO3. The first-order chi connectivity index (χ1) is 16.3. The second kappa shape index (κ2) is 12.1. The van der Waals surface area contributed by atoms with Crippen LogP contribution in [0.1, 0.15) is 29.5 Å². The van der Waals surface area contributed by atoms with E-state index in [0.717, 1.165) is 19.4 Å². The molecule has 1 aliphatic rings. The number of aliphatic hydroxyl groups excluding tert-OH is 1. The van der Waals surface area contributed by atoms with E-state index in [-0.39, 0.29) is 24.0 Å². The van der Waals surface area contributed by atoms with Gasteiger partial charge in [-0.05, 0) is 35.4 Å². The van der Waals surface area contributed by atoms with Gasteiger partial charge in [-0.3, -0.25) is 0 Å². The van der Waals surface area contributed by atoms with Crippen molar-refractivity contribution >= 4 is 0 Å². The number of hydrogen-bond acceptors (Lipinski definition) is 4. The number of rotatable bonds is 12. The smallest absolute Gasteiger partial charge is 0.0717 e. The molecule has 0 saturated heterocycles. The second-order valence-electron chi connectivity index (χ2n) is 9.28. The fraction of sp³-hybridized carbons (Fsp3) is 0.379. The van der Waals surface area contributed by atoms with Crippen molar-refractivity contribution in [3.05, 3.63) is 108 Å². The summed E-state index contributed by atoms with van der Waals surface area (Å²) in [6, 6.07) is 31.2. The Morgan fingerprint density at radius 2 is 1.18 bits per heavy atom. The molecule has 0 aliphatic heterocycles. The van der Waals surface area contributed by atoms with Crippen LogP contribution in [0.3, 0.4) is 0 Å². The van der Waals surface area contributed by atoms with Crippen LogP contribution < -0.4 is 5.32 Å². The molecule has 0 amide bonds. The molecule has 33 heavy (non-hydrogen) atoms. The maximum atomic E-state index is 10.2. The van der Waals surface area contributed by atoms with E-state index < -0.39 is 0 Å². The lowest BCUT2D eigenvalue weighted by atomic mass is 9.87. The lowest BCUT2D eigenvalue weighted by molar-refractivity contribution is -0.0332. The molecule has 3 aromatic rings. The summed E-state index contributed by atoms with van der Waals surface area (Å²) < 4.78 is 12.4. The van der Waals surface area contributed by atoms with E-state index in [9.17, 15) is 5.11 Å². The Morgan fingerprint density at radius 3 is 1.67 bits per heavy atom. The average Bonchev–Trinajstić information content (AvgIpc) is 3.22. The molecule has 0 spiro atoms. The quantitative estimate of drug-likeness (QED) is 0.413. The van der Waals surface area contributed by atoms with Gasteiger partial charge in [-0.15, -0.1) is 0 Å². The van der Waals surface area contributed by atoms with Crippen LogP contribution in [0.5, 0.6) is 0 Å². The zero-order valence-corrected chi connectivity index (χ0v) is 19.2. The molecule has 4 heteroatoms. The Morgan fingerprint density at radius 1 is 0.697 bits per heavy atom. The zero-order chi connectivity index (χ0) is 22.8. The lowest BCUT2D eigenvalue weighted by Gasteiger charge is -2.29. The van der Waals surface area contributed by atoms with Gasteiger partial charge in [0, 0.05) is 24.6 Å². The predicted octanol–water partition coefficient (Wildman–Crippen LogP) is 4.97. The van der Waals surface area contributed by atoms with Gasteiger partial charge in [0.25, 0.3) is 0 Å². The van der Waals surface area contributed by atoms with Crippen LogP contribution in [0, 0.1) is 11.3 Å². The number of benzene rings is 3. The van der Waals surface area contributed by atoms with Crippen molar-refractivity contribution in [2.24, 2.45) is 11.3 Å². The average molecular weight is 446 g/mol. The second-order valence-corrected chi connectivity index (χ2v) is 9.28. The number of nitrogens with one attached hydrogen (secondary N) is 1. The highest BCUT2D eigenvalue weighted by atomic mass is 16.5. The molecule has 2 atom stereocenters. The van der Waals surface area contributed by atoms with Crippen molar-refractivity contribution < 1.29 is 14.6 Å². The standard InChI is InChI=1S/C29H35NO3/c31-19-27-16-29(22-32-20-25-12-6-2-7-13-25,23-33-21-26-14-8-3-9-15-26)17-28(27)30-18-24-10-4-1-5-11-24/h1-15,27-28,30-31H,16-23H2/t27-,28-/m1/s1. The molecule has 1 saturated carbocycles. The third-order valence-corrected chi connectivity index (χ3v) is 6.60. The van der Waals surface area contributed by atoms with E-state index in [1.54, 1.807) is 0 Å². The first kappa shape index (κ1) is 23.7. The van der Waals surface area contributed by atoms with Gasteiger partial charge in [-0.2, -0.15) is 0 Å². The molecule has 0 radical (unpaired) electrons. The molecule has 174 valence electrons. The summed E-state index contributed by atoms with van der Waals surface area (Å²) in [6.45, 7) is 3.40. The summed E-state index contributed by atoms with van der Waals surface area (Å²) in [5.74, 6) is 0.189. The predicted molar refractivity (Wildman–Crippen MR) is 132 cm³/mol. The van der Waals surface area contributed by atoms with Gasteiger partial charge >= 0.3 is 0 Å². The van der Waals surface area contributed by atoms with Crippen LogP contribution in [-0.4, -0.2) is 31.0 Å². The highest BCUT2D eigenvalue weighted by Crippen LogP contribution is 2.43. The summed E-state index contributed by atoms with van der Waals surface area (Å²) in [7, 11) is 0. The topological polar surface area (TPSA) is 50.7 Å². The summed E-state index contributed by atoms with van der Waals surface area (Å²) in [5.41, 5.74) is 3.49. The van der Waals surface area contributed by atoms with Crippen LogP contribution in [-0.2, 0) is 29.2 Å². The third kappa shape index (κ3) is 6.99. The van der Waals surface area contributed by atoms with E-state index in [1.807, 2.05) is 42.5 Å². The molecule has 4 nitrogen and oxygen atoms in total. The van der Waals surface area contributed by atoms with Crippen LogP contribution in [0.15, 0.2) is 91.0 Å². The molecular weight excluding hydrogens is 410 g/mol. The van der Waals surface area contributed by atoms with Crippen molar-refractivity contribution in [1.82, 2.24) is 5.32 Å². The Kier molecular flexibility index (Phi) is 8.67. The fourth-order valence-electron chi connectivity index (χ4n) is 4.89. The van der Waals surface area contributed by atoms with Gasteiger partial charge in [0.15, 0.2) is 0 Å². The zero-order valence-electron chi connectivity index (χ0n) is 19.2. The van der Waals surface area contributed by atoms with Crippen molar-refractivity contribution in [1.29, 1.82) is 0 Å². The van der Waals surface area contributed by atoms with Gasteiger partial charge in [-0.25, -0.2) is 0 Å². The molecule has 1 aliphatic carbocycles. The summed E-state index contributed by atoms with van der Waals surface area (Å²) in [6.07, 6.45) is 1.81. The third-order valence-electron chi connectivity index (χ3n) is 6.60. The maximum Gasteiger partial charge on any atom is 0.0717 e. The van der Waals surface area contributed by atoms with Gasteiger partial charge in [0.1, 0.15) is 0 Å². The Hall–Kier alpha value is -2.50. The van der Waals surface area contributed by atoms with Gasteiger partial charge in [-0.1, -0.05) is 91.0 Å². The van der Waals surface area contributed by atoms with Crippen LogP contribution in [0.4, 0.5) is 0 Å². The van der Waals surface area contributed by atoms with Gasteiger partial charge in [0.05, 0.1) is 26.4 Å². The number of aliphatic hydroxyl groups is 1. The molecule has 2 N–H and O–H groups in total. The van der Waals surface area contributed by atoms with Crippen molar-refractivity contribution in [2.45, 2.75) is 38.6 Å². The van der Waals surface area contributed by atoms with Crippen LogP contribution in [0.2, 0.25) is 0 Å². The minimum atomic E-state index is -0.120. The van der Waals surface area contributed by atoms with Crippen LogP contribution in [0.25, 0.3) is 0 Å². The van der Waals surface area contributed by atoms with Crippen LogP contribution >= 0.6 is 0 Å². The Bertz CT molecular complexity index is 887. The first-order valence-electron chi connectivity index (χ1n) is 11.9. The molecule has 0 bridgehead atoms. The highest BCUT2D eigenvalue weighted by Gasteiger charge is 2.45. The first-order valence-corrected chi connectivity index (χ1v) is 11.9. The van der Waals surface area contributed by atoms with E-state index in [1.165, 1.54) is 16.7 Å². The molecule has 4 rings (SSSR count). The van der Waals surface area contributed by atoms with Gasteiger partial charge in [0.2, 0.25) is 0 Å². The van der Waals surface area contributed by atoms with E-state index in [4.69, 9.17) is 9.47 Å². The molecule has 0 unspecified atom stereocenters. The van der Waals surface area contributed by atoms with E-state index >= 15 is 0 Å². The van der Waals surface area contributed by atoms with Crippen molar-refractivity contribution in [3.63, 3.8) is 0 Å². The summed E-state index contributed by atoms with van der Waals surface area (Å²) in [4.78, 5) is 0. The summed E-state index contributed by atoms with van der Waals surface area (Å²) >= 11 is 0. The van der Waals surface area contributed by atoms with E-state index in [2.05, 4.69) is 53.8 Å². The lowest BCUT2D eigenvalue weighted by Crippen LogP contribution is -2.35. The Balaban J connectivity index is 1.40. The fourth-order valence-corrected chi connectivity index (χ4v) is 4.89. The monoisotopic (exact) mass is 445 g/mol. The highest BCUT2D eigenvalue weighted by molar-refractivity contribution is 5.16. The normalized spacial score (nSPS) is 19.5. The largest absolute Gasteiger partial charge is 0.396 e. The number of ether oxygens (including phenoxy) is 2. The van der Waals surface area contributed by atoms with Gasteiger partial charge < -0.3 is 19.9 Å². The van der Waals surface area contributed by atoms with E-state index in [0.29, 0.717) is 26.4 Å². The molecule has 3 aromatic carbocycles. The van der Waals surface area contributed by atoms with Crippen molar-refractivity contribution in [3.8, 4) is 0 Å². The molecule has 1 fully saturated rings. The number of hydrogen-bond donors (Lipinski definition) is 2. The Labute approximate surface area is 197 Å². The molecule has 0 heterocycles. The molecule has 0 aromatic heterocycles. The minimum absolute atomic E-state index is 0.120.